The van der Waals surface area contributed by atoms with Crippen LogP contribution in [-0.4, -0.2) is 31.7 Å². The predicted octanol–water partition coefficient (Wildman–Crippen LogP) is -0.153. The van der Waals surface area contributed by atoms with E-state index in [-0.39, 0.29) is 5.91 Å². The Morgan fingerprint density at radius 2 is 1.84 bits per heavy atom. The Balaban J connectivity index is 2.28. The number of hydrogen-bond acceptors (Lipinski definition) is 2. The van der Waals surface area contributed by atoms with E-state index in [9.17, 15) is 4.79 Å². The molecule has 0 aliphatic rings. The largest absolute Gasteiger partial charge is 0.339 e. The van der Waals surface area contributed by atoms with Crippen molar-refractivity contribution in [3.05, 3.63) is 29.8 Å². The summed E-state index contributed by atoms with van der Waals surface area (Å²) in [5, 5.41) is 3.36. The van der Waals surface area contributed by atoms with Crippen molar-refractivity contribution < 1.29 is 9.69 Å². The van der Waals surface area contributed by atoms with Crippen molar-refractivity contribution >= 4 is 28.9 Å². The second kappa shape index (κ2) is 7.70. The number of carbonyl (C=O) groups excluding carboxylic acids is 1. The van der Waals surface area contributed by atoms with Gasteiger partial charge in [0.05, 0.1) is 27.1 Å². The number of nitrogens with one attached hydrogen (secondary N) is 4. The number of rotatable bonds is 4. The molecule has 0 radical (unpaired) electrons. The molecule has 4 N–H and O–H groups in total. The van der Waals surface area contributed by atoms with Crippen molar-refractivity contribution in [1.82, 2.24) is 10.9 Å². The van der Waals surface area contributed by atoms with Gasteiger partial charge in [-0.2, -0.15) is 0 Å². The van der Waals surface area contributed by atoms with Crippen LogP contribution < -0.4 is 21.1 Å². The summed E-state index contributed by atoms with van der Waals surface area (Å²) in [6.45, 7) is 2.80. The molecule has 0 heterocycles. The Kier molecular flexibility index (Phi) is 6.24. The molecule has 1 amide bonds. The van der Waals surface area contributed by atoms with Crippen LogP contribution in [0.25, 0.3) is 0 Å². The van der Waals surface area contributed by atoms with E-state index < -0.39 is 0 Å². The number of thiocarbonyl (C=S) groups is 1. The third-order valence-electron chi connectivity index (χ3n) is 2.48. The minimum Gasteiger partial charge on any atom is -0.339 e. The van der Waals surface area contributed by atoms with Crippen molar-refractivity contribution in [1.29, 1.82) is 0 Å². The van der Waals surface area contributed by atoms with Gasteiger partial charge >= 0.3 is 0 Å². The molecular weight excluding hydrogens is 260 g/mol. The zero-order chi connectivity index (χ0) is 14.3. The van der Waals surface area contributed by atoms with Gasteiger partial charge in [0.15, 0.2) is 5.11 Å². The lowest BCUT2D eigenvalue weighted by Crippen LogP contribution is -3.05. The highest BCUT2D eigenvalue weighted by Crippen LogP contribution is 2.07. The monoisotopic (exact) mass is 281 g/mol. The zero-order valence-corrected chi connectivity index (χ0v) is 12.4. The van der Waals surface area contributed by atoms with Gasteiger partial charge in [0.2, 0.25) is 5.91 Å². The third kappa shape index (κ3) is 6.73. The van der Waals surface area contributed by atoms with E-state index in [1.807, 2.05) is 45.3 Å². The fourth-order valence-corrected chi connectivity index (χ4v) is 1.52. The van der Waals surface area contributed by atoms with Crippen LogP contribution in [0, 0.1) is 6.92 Å². The van der Waals surface area contributed by atoms with Crippen molar-refractivity contribution in [3.63, 3.8) is 0 Å². The Morgan fingerprint density at radius 3 is 2.42 bits per heavy atom. The predicted molar refractivity (Wildman–Crippen MR) is 81.0 cm³/mol. The number of benzene rings is 1. The van der Waals surface area contributed by atoms with Crippen LogP contribution in [0.15, 0.2) is 24.3 Å². The lowest BCUT2D eigenvalue weighted by atomic mass is 10.2. The van der Waals surface area contributed by atoms with Crippen LogP contribution in [0.5, 0.6) is 0 Å². The summed E-state index contributed by atoms with van der Waals surface area (Å²) in [4.78, 5) is 12.7. The number of amides is 1. The number of anilines is 1. The molecule has 0 spiro atoms. The Hall–Kier alpha value is -1.66. The average molecular weight is 281 g/mol. The molecule has 0 aromatic heterocycles. The summed E-state index contributed by atoms with van der Waals surface area (Å²) in [5.74, 6) is -0.0748. The first-order valence-corrected chi connectivity index (χ1v) is 6.59. The summed E-state index contributed by atoms with van der Waals surface area (Å²) < 4.78 is 0. The number of aryl methyl sites for hydroxylation is 1. The van der Waals surface area contributed by atoms with Gasteiger partial charge < -0.3 is 10.2 Å². The highest BCUT2D eigenvalue weighted by atomic mass is 32.1. The molecule has 0 aliphatic carbocycles. The third-order valence-corrected chi connectivity index (χ3v) is 2.68. The van der Waals surface area contributed by atoms with Gasteiger partial charge in [0.1, 0.15) is 0 Å². The molecule has 6 heteroatoms. The lowest BCUT2D eigenvalue weighted by molar-refractivity contribution is -0.857. The van der Waals surface area contributed by atoms with E-state index in [0.29, 0.717) is 11.5 Å². The van der Waals surface area contributed by atoms with Crippen molar-refractivity contribution in [3.8, 4) is 0 Å². The molecule has 1 aromatic carbocycles. The Morgan fingerprint density at radius 1 is 1.21 bits per heavy atom. The number of carbonyl (C=O) groups is 1. The van der Waals surface area contributed by atoms with Gasteiger partial charge in [-0.15, -0.1) is 0 Å². The summed E-state index contributed by atoms with van der Waals surface area (Å²) in [5.41, 5.74) is 7.31. The molecule has 19 heavy (non-hydrogen) atoms. The zero-order valence-electron chi connectivity index (χ0n) is 11.5. The SMILES string of the molecule is Cc1ccc(NC(=S)NNC(=O)CC[NH+](C)C)cc1. The fourth-order valence-electron chi connectivity index (χ4n) is 1.35. The standard InChI is InChI=1S/C13H20N4OS/c1-10-4-6-11(7-5-10)14-13(19)16-15-12(18)8-9-17(2)3/h4-7H,8-9H2,1-3H3,(H,15,18)(H2,14,16,19)/p+1. The molecule has 0 unspecified atom stereocenters. The second-order valence-corrected chi connectivity index (χ2v) is 5.11. The van der Waals surface area contributed by atoms with Crippen molar-refractivity contribution in [2.24, 2.45) is 0 Å². The van der Waals surface area contributed by atoms with Gasteiger partial charge in [-0.05, 0) is 31.3 Å². The van der Waals surface area contributed by atoms with Crippen LogP contribution in [0.1, 0.15) is 12.0 Å². The fraction of sp³-hybridized carbons (Fsp3) is 0.385. The maximum absolute atomic E-state index is 11.5. The average Bonchev–Trinajstić information content (AvgIpc) is 2.36. The second-order valence-electron chi connectivity index (χ2n) is 4.70. The molecule has 104 valence electrons. The molecule has 0 atom stereocenters. The highest BCUT2D eigenvalue weighted by molar-refractivity contribution is 7.80. The van der Waals surface area contributed by atoms with Crippen LogP contribution in [0.4, 0.5) is 5.69 Å². The van der Waals surface area contributed by atoms with Crippen LogP contribution in [-0.2, 0) is 4.79 Å². The highest BCUT2D eigenvalue weighted by Gasteiger charge is 2.04. The quantitative estimate of drug-likeness (QED) is 0.458. The van der Waals surface area contributed by atoms with Gasteiger partial charge in [-0.3, -0.25) is 15.6 Å². The van der Waals surface area contributed by atoms with E-state index in [4.69, 9.17) is 12.2 Å². The number of quaternary nitrogens is 1. The smallest absolute Gasteiger partial charge is 0.244 e. The first-order valence-electron chi connectivity index (χ1n) is 6.19. The molecule has 1 rings (SSSR count). The molecular formula is C13H21N4OS+. The van der Waals surface area contributed by atoms with E-state index >= 15 is 0 Å². The summed E-state index contributed by atoms with van der Waals surface area (Å²) in [7, 11) is 4.01. The lowest BCUT2D eigenvalue weighted by Gasteiger charge is -2.12. The van der Waals surface area contributed by atoms with Crippen LogP contribution in [0.2, 0.25) is 0 Å². The van der Waals surface area contributed by atoms with E-state index in [2.05, 4.69) is 16.2 Å². The maximum Gasteiger partial charge on any atom is 0.244 e. The van der Waals surface area contributed by atoms with Crippen molar-refractivity contribution in [2.45, 2.75) is 13.3 Å². The van der Waals surface area contributed by atoms with Gasteiger partial charge in [-0.1, -0.05) is 17.7 Å². The van der Waals surface area contributed by atoms with E-state index in [0.717, 1.165) is 12.2 Å². The first kappa shape index (κ1) is 15.4. The van der Waals surface area contributed by atoms with Gasteiger partial charge in [0.25, 0.3) is 0 Å². The summed E-state index contributed by atoms with van der Waals surface area (Å²) >= 11 is 5.08. The van der Waals surface area contributed by atoms with Crippen LogP contribution >= 0.6 is 12.2 Å². The molecule has 0 fully saturated rings. The molecule has 0 bridgehead atoms. The normalized spacial score (nSPS) is 10.1. The molecule has 0 aliphatic heterocycles. The summed E-state index contributed by atoms with van der Waals surface area (Å²) in [6, 6.07) is 7.84. The van der Waals surface area contributed by atoms with E-state index in [1.54, 1.807) is 0 Å². The first-order chi connectivity index (χ1) is 8.97. The molecule has 1 aromatic rings. The minimum atomic E-state index is -0.0748. The van der Waals surface area contributed by atoms with Gasteiger partial charge in [0, 0.05) is 5.69 Å². The van der Waals surface area contributed by atoms with Gasteiger partial charge in [-0.25, -0.2) is 0 Å². The van der Waals surface area contributed by atoms with Crippen LogP contribution in [0.3, 0.4) is 0 Å². The molecule has 0 saturated carbocycles. The number of hydrazine groups is 1. The topological polar surface area (TPSA) is 57.6 Å². The molecule has 0 saturated heterocycles. The minimum absolute atomic E-state index is 0.0748. The Bertz CT molecular complexity index is 431. The van der Waals surface area contributed by atoms with Crippen molar-refractivity contribution in [2.75, 3.05) is 26.0 Å². The summed E-state index contributed by atoms with van der Waals surface area (Å²) in [6.07, 6.45) is 0.461. The molecule has 5 nitrogen and oxygen atoms in total. The maximum atomic E-state index is 11.5. The Labute approximate surface area is 119 Å². The number of hydrogen-bond donors (Lipinski definition) is 4. The van der Waals surface area contributed by atoms with E-state index in [1.165, 1.54) is 10.5 Å².